The average molecular weight is 356 g/mol. The van der Waals surface area contributed by atoms with Gasteiger partial charge in [-0.2, -0.15) is 0 Å². The highest BCUT2D eigenvalue weighted by molar-refractivity contribution is 5.78. The highest BCUT2D eigenvalue weighted by Crippen LogP contribution is 2.36. The molecule has 0 spiro atoms. The predicted octanol–water partition coefficient (Wildman–Crippen LogP) is 2.06. The van der Waals surface area contributed by atoms with Crippen molar-refractivity contribution >= 4 is 11.8 Å². The minimum Gasteiger partial charge on any atom is -0.481 e. The number of carboxylic acids is 1. The molecule has 0 bridgehead atoms. The third-order valence-corrected chi connectivity index (χ3v) is 4.88. The molecule has 1 fully saturated rings. The molecule has 4 N–H and O–H groups in total. The van der Waals surface area contributed by atoms with Crippen molar-refractivity contribution in [3.05, 3.63) is 12.2 Å². The van der Waals surface area contributed by atoms with Crippen LogP contribution in [0.3, 0.4) is 0 Å². The maximum Gasteiger partial charge on any atom is 0.303 e. The van der Waals surface area contributed by atoms with E-state index in [9.17, 15) is 24.9 Å². The number of aliphatic hydroxyl groups excluding tert-OH is 3. The summed E-state index contributed by atoms with van der Waals surface area (Å²) in [5.74, 6) is -1.58. The van der Waals surface area contributed by atoms with Gasteiger partial charge in [-0.1, -0.05) is 31.9 Å². The Labute approximate surface area is 149 Å². The summed E-state index contributed by atoms with van der Waals surface area (Å²) >= 11 is 0. The number of unbranched alkanes of at least 4 members (excludes halogenated alkanes) is 2. The lowest BCUT2D eigenvalue weighted by molar-refractivity contribution is -0.137. The molecule has 1 rings (SSSR count). The fourth-order valence-corrected chi connectivity index (χ4v) is 3.39. The minimum atomic E-state index is -0.867. The molecule has 1 saturated carbocycles. The second-order valence-electron chi connectivity index (χ2n) is 7.05. The van der Waals surface area contributed by atoms with E-state index in [4.69, 9.17) is 5.11 Å². The zero-order valence-electron chi connectivity index (χ0n) is 15.0. The normalized spacial score (nSPS) is 27.7. The van der Waals surface area contributed by atoms with Crippen LogP contribution in [0.15, 0.2) is 12.2 Å². The number of aliphatic hydroxyl groups is 3. The van der Waals surface area contributed by atoms with E-state index in [1.807, 2.05) is 6.92 Å². The topological polar surface area (TPSA) is 115 Å². The van der Waals surface area contributed by atoms with Crippen LogP contribution in [-0.2, 0) is 9.59 Å². The Morgan fingerprint density at radius 1 is 1.12 bits per heavy atom. The molecule has 0 aromatic rings. The van der Waals surface area contributed by atoms with Gasteiger partial charge in [0.15, 0.2) is 0 Å². The molecule has 6 heteroatoms. The Bertz CT molecular complexity index is 447. The summed E-state index contributed by atoms with van der Waals surface area (Å²) in [4.78, 5) is 22.6. The van der Waals surface area contributed by atoms with E-state index in [0.29, 0.717) is 25.7 Å². The van der Waals surface area contributed by atoms with Gasteiger partial charge in [0.1, 0.15) is 5.78 Å². The molecule has 6 nitrogen and oxygen atoms in total. The molecule has 1 aliphatic carbocycles. The van der Waals surface area contributed by atoms with Crippen LogP contribution in [0.25, 0.3) is 0 Å². The van der Waals surface area contributed by atoms with Gasteiger partial charge in [-0.25, -0.2) is 0 Å². The fraction of sp³-hybridized carbons (Fsp3) is 0.789. The number of carboxylic acid groups (broad SMARTS) is 1. The monoisotopic (exact) mass is 356 g/mol. The van der Waals surface area contributed by atoms with Gasteiger partial charge < -0.3 is 20.4 Å². The van der Waals surface area contributed by atoms with Crippen molar-refractivity contribution in [3.8, 4) is 0 Å². The second-order valence-corrected chi connectivity index (χ2v) is 7.05. The number of carbonyl (C=O) groups excluding carboxylic acids is 1. The maximum absolute atomic E-state index is 12.1. The molecule has 0 radical (unpaired) electrons. The van der Waals surface area contributed by atoms with Crippen LogP contribution >= 0.6 is 0 Å². The highest BCUT2D eigenvalue weighted by atomic mass is 16.4. The van der Waals surface area contributed by atoms with E-state index >= 15 is 0 Å². The standard InChI is InChI=1S/C19H32O6/c1-2-3-6-13(20)9-10-15-16(18(23)12-17(15)22)11-14(21)7-4-5-8-19(24)25/h9-10,13,15-18,20,22-23H,2-8,11-12H2,1H3,(H,24,25)/b10-9+/t13-,15+,16+,17+,18-/m0/s1. The smallest absolute Gasteiger partial charge is 0.303 e. The van der Waals surface area contributed by atoms with Crippen LogP contribution in [0, 0.1) is 11.8 Å². The van der Waals surface area contributed by atoms with Gasteiger partial charge >= 0.3 is 5.97 Å². The number of ketones is 1. The predicted molar refractivity (Wildman–Crippen MR) is 94.0 cm³/mol. The van der Waals surface area contributed by atoms with Gasteiger partial charge in [-0.3, -0.25) is 9.59 Å². The van der Waals surface area contributed by atoms with Gasteiger partial charge in [-0.05, 0) is 19.3 Å². The van der Waals surface area contributed by atoms with Crippen LogP contribution in [0.2, 0.25) is 0 Å². The van der Waals surface area contributed by atoms with Crippen molar-refractivity contribution < 1.29 is 30.0 Å². The zero-order chi connectivity index (χ0) is 18.8. The van der Waals surface area contributed by atoms with E-state index in [0.717, 1.165) is 12.8 Å². The molecule has 0 saturated heterocycles. The molecular weight excluding hydrogens is 324 g/mol. The van der Waals surface area contributed by atoms with Crippen LogP contribution in [0.5, 0.6) is 0 Å². The zero-order valence-corrected chi connectivity index (χ0v) is 15.0. The molecule has 1 aliphatic rings. The summed E-state index contributed by atoms with van der Waals surface area (Å²) < 4.78 is 0. The Morgan fingerprint density at radius 3 is 2.44 bits per heavy atom. The molecule has 0 aromatic heterocycles. The molecule has 5 atom stereocenters. The van der Waals surface area contributed by atoms with Crippen molar-refractivity contribution in [1.82, 2.24) is 0 Å². The summed E-state index contributed by atoms with van der Waals surface area (Å²) in [6.07, 6.45) is 5.68. The van der Waals surface area contributed by atoms with Crippen molar-refractivity contribution in [2.24, 2.45) is 11.8 Å². The lowest BCUT2D eigenvalue weighted by Gasteiger charge is -2.20. The first-order chi connectivity index (χ1) is 11.8. The maximum atomic E-state index is 12.1. The molecule has 144 valence electrons. The number of aliphatic carboxylic acids is 1. The number of Topliss-reactive ketones (excluding diaryl/α,β-unsaturated/α-hetero) is 1. The molecule has 0 amide bonds. The molecular formula is C19H32O6. The first kappa shape index (κ1) is 21.8. The number of hydrogen-bond donors (Lipinski definition) is 4. The third kappa shape index (κ3) is 8.12. The van der Waals surface area contributed by atoms with Crippen LogP contribution in [0.1, 0.15) is 64.7 Å². The number of hydrogen-bond acceptors (Lipinski definition) is 5. The van der Waals surface area contributed by atoms with Crippen molar-refractivity contribution in [1.29, 1.82) is 0 Å². The second kappa shape index (κ2) is 11.4. The first-order valence-corrected chi connectivity index (χ1v) is 9.31. The van der Waals surface area contributed by atoms with Crippen LogP contribution < -0.4 is 0 Å². The van der Waals surface area contributed by atoms with Gasteiger partial charge in [0.2, 0.25) is 0 Å². The number of carbonyl (C=O) groups is 2. The van der Waals surface area contributed by atoms with Crippen molar-refractivity contribution in [2.45, 2.75) is 83.0 Å². The average Bonchev–Trinajstić information content (AvgIpc) is 2.81. The van der Waals surface area contributed by atoms with Gasteiger partial charge in [-0.15, -0.1) is 0 Å². The summed E-state index contributed by atoms with van der Waals surface area (Å²) in [7, 11) is 0. The van der Waals surface area contributed by atoms with Crippen LogP contribution in [-0.4, -0.2) is 50.5 Å². The van der Waals surface area contributed by atoms with E-state index in [1.54, 1.807) is 12.2 Å². The largest absolute Gasteiger partial charge is 0.481 e. The van der Waals surface area contributed by atoms with E-state index in [1.165, 1.54) is 0 Å². The molecule has 0 heterocycles. The van der Waals surface area contributed by atoms with Crippen molar-refractivity contribution in [2.75, 3.05) is 0 Å². The number of rotatable bonds is 12. The van der Waals surface area contributed by atoms with Crippen molar-refractivity contribution in [3.63, 3.8) is 0 Å². The summed E-state index contributed by atoms with van der Waals surface area (Å²) in [6.45, 7) is 2.05. The third-order valence-electron chi connectivity index (χ3n) is 4.88. The summed E-state index contributed by atoms with van der Waals surface area (Å²) in [5.41, 5.74) is 0. The fourth-order valence-electron chi connectivity index (χ4n) is 3.39. The van der Waals surface area contributed by atoms with E-state index < -0.39 is 24.3 Å². The van der Waals surface area contributed by atoms with Gasteiger partial charge in [0, 0.05) is 37.5 Å². The molecule has 0 unspecified atom stereocenters. The Kier molecular flexibility index (Phi) is 9.93. The lowest BCUT2D eigenvalue weighted by Crippen LogP contribution is -2.24. The van der Waals surface area contributed by atoms with Gasteiger partial charge in [0.05, 0.1) is 18.3 Å². The summed E-state index contributed by atoms with van der Waals surface area (Å²) in [5, 5.41) is 38.8. The molecule has 0 aromatic carbocycles. The molecule has 0 aliphatic heterocycles. The summed E-state index contributed by atoms with van der Waals surface area (Å²) in [6, 6.07) is 0. The minimum absolute atomic E-state index is 0.0199. The van der Waals surface area contributed by atoms with Gasteiger partial charge in [0.25, 0.3) is 0 Å². The SMILES string of the molecule is CCCC[C@H](O)/C=C/[C@@H]1[C@@H](CC(=O)CCCCC(=O)O)[C@@H](O)C[C@H]1O. The molecule has 25 heavy (non-hydrogen) atoms. The Balaban J connectivity index is 2.52. The van der Waals surface area contributed by atoms with E-state index in [-0.39, 0.29) is 36.9 Å². The lowest BCUT2D eigenvalue weighted by atomic mass is 9.87. The quantitative estimate of drug-likeness (QED) is 0.314. The highest BCUT2D eigenvalue weighted by Gasteiger charge is 2.41. The van der Waals surface area contributed by atoms with E-state index in [2.05, 4.69) is 0 Å². The Morgan fingerprint density at radius 2 is 1.80 bits per heavy atom. The first-order valence-electron chi connectivity index (χ1n) is 9.31. The van der Waals surface area contributed by atoms with Crippen LogP contribution in [0.4, 0.5) is 0 Å². The Hall–Kier alpha value is -1.24.